The van der Waals surface area contributed by atoms with E-state index in [1.165, 1.54) is 18.2 Å². The first-order valence-corrected chi connectivity index (χ1v) is 8.61. The molecular weight excluding hydrogens is 344 g/mol. The summed E-state index contributed by atoms with van der Waals surface area (Å²) in [6.45, 7) is 5.62. The van der Waals surface area contributed by atoms with Gasteiger partial charge in [0.15, 0.2) is 5.76 Å². The summed E-state index contributed by atoms with van der Waals surface area (Å²) in [5.74, 6) is -0.733. The highest BCUT2D eigenvalue weighted by Gasteiger charge is 2.17. The van der Waals surface area contributed by atoms with Gasteiger partial charge < -0.3 is 14.3 Å². The second-order valence-corrected chi connectivity index (χ2v) is 6.50. The van der Waals surface area contributed by atoms with Gasteiger partial charge in [-0.05, 0) is 56.2 Å². The zero-order valence-corrected chi connectivity index (χ0v) is 15.4. The summed E-state index contributed by atoms with van der Waals surface area (Å²) >= 11 is 0. The fourth-order valence-electron chi connectivity index (χ4n) is 2.72. The van der Waals surface area contributed by atoms with Crippen molar-refractivity contribution in [2.75, 3.05) is 0 Å². The Labute approximate surface area is 156 Å². The van der Waals surface area contributed by atoms with Crippen LogP contribution in [0.25, 0.3) is 23.1 Å². The standard InChI is InChI=1S/C22H20O5/c1-13(2)26-21-19(11-8-15-7-5-4-6-14(15)3)27-18-10-9-16(22(24)25)12-17(18)20(21)23/h4-13H,1-3H3,(H,24,25). The van der Waals surface area contributed by atoms with E-state index in [1.54, 1.807) is 6.08 Å². The smallest absolute Gasteiger partial charge is 0.335 e. The third kappa shape index (κ3) is 3.92. The Balaban J connectivity index is 2.18. The van der Waals surface area contributed by atoms with Crippen molar-refractivity contribution < 1.29 is 19.1 Å². The van der Waals surface area contributed by atoms with E-state index >= 15 is 0 Å². The van der Waals surface area contributed by atoms with Crippen LogP contribution in [0.15, 0.2) is 51.7 Å². The van der Waals surface area contributed by atoms with Gasteiger partial charge in [0, 0.05) is 0 Å². The van der Waals surface area contributed by atoms with Crippen molar-refractivity contribution in [3.05, 3.63) is 75.1 Å². The molecule has 138 valence electrons. The molecule has 27 heavy (non-hydrogen) atoms. The van der Waals surface area contributed by atoms with E-state index in [0.717, 1.165) is 11.1 Å². The quantitative estimate of drug-likeness (QED) is 0.706. The highest BCUT2D eigenvalue weighted by molar-refractivity contribution is 5.93. The number of ether oxygens (including phenoxy) is 1. The van der Waals surface area contributed by atoms with Crippen LogP contribution in [0.4, 0.5) is 0 Å². The fourth-order valence-corrected chi connectivity index (χ4v) is 2.72. The molecule has 3 rings (SSSR count). The molecule has 3 aromatic rings. The van der Waals surface area contributed by atoms with E-state index in [4.69, 9.17) is 14.3 Å². The molecule has 1 heterocycles. The minimum atomic E-state index is -1.11. The number of hydrogen-bond acceptors (Lipinski definition) is 4. The van der Waals surface area contributed by atoms with Crippen LogP contribution in [0.1, 0.15) is 41.1 Å². The monoisotopic (exact) mass is 364 g/mol. The lowest BCUT2D eigenvalue weighted by Gasteiger charge is -2.12. The third-order valence-corrected chi connectivity index (χ3v) is 4.08. The average molecular weight is 364 g/mol. The van der Waals surface area contributed by atoms with Crippen molar-refractivity contribution in [1.29, 1.82) is 0 Å². The number of carboxylic acid groups (broad SMARTS) is 1. The Morgan fingerprint density at radius 1 is 1.15 bits per heavy atom. The highest BCUT2D eigenvalue weighted by atomic mass is 16.5. The fraction of sp³-hybridized carbons (Fsp3) is 0.182. The Kier molecular flexibility index (Phi) is 5.12. The van der Waals surface area contributed by atoms with Gasteiger partial charge in [0.1, 0.15) is 5.58 Å². The van der Waals surface area contributed by atoms with E-state index in [-0.39, 0.29) is 22.8 Å². The van der Waals surface area contributed by atoms with Gasteiger partial charge in [0.05, 0.1) is 17.1 Å². The molecule has 5 heteroatoms. The molecule has 0 unspecified atom stereocenters. The largest absolute Gasteiger partial charge is 0.484 e. The lowest BCUT2D eigenvalue weighted by atomic mass is 10.1. The van der Waals surface area contributed by atoms with Crippen LogP contribution in [0.3, 0.4) is 0 Å². The SMILES string of the molecule is Cc1ccccc1C=Cc1oc2ccc(C(=O)O)cc2c(=O)c1OC(C)C. The van der Waals surface area contributed by atoms with Crippen LogP contribution >= 0.6 is 0 Å². The van der Waals surface area contributed by atoms with Crippen molar-refractivity contribution in [3.63, 3.8) is 0 Å². The Morgan fingerprint density at radius 3 is 2.56 bits per heavy atom. The summed E-state index contributed by atoms with van der Waals surface area (Å²) in [5.41, 5.74) is 2.03. The zero-order chi connectivity index (χ0) is 19.6. The van der Waals surface area contributed by atoms with Crippen molar-refractivity contribution in [2.45, 2.75) is 26.9 Å². The van der Waals surface area contributed by atoms with Gasteiger partial charge in [0.2, 0.25) is 11.2 Å². The lowest BCUT2D eigenvalue weighted by Crippen LogP contribution is -2.15. The number of aryl methyl sites for hydroxylation is 1. The molecule has 0 aliphatic carbocycles. The summed E-state index contributed by atoms with van der Waals surface area (Å²) in [7, 11) is 0. The van der Waals surface area contributed by atoms with E-state index in [0.29, 0.717) is 11.3 Å². The van der Waals surface area contributed by atoms with Crippen LogP contribution in [0, 0.1) is 6.92 Å². The third-order valence-electron chi connectivity index (χ3n) is 4.08. The molecule has 0 atom stereocenters. The molecule has 0 aliphatic heterocycles. The molecule has 5 nitrogen and oxygen atoms in total. The molecular formula is C22H20O5. The minimum absolute atomic E-state index is 0.0218. The number of hydrogen-bond donors (Lipinski definition) is 1. The number of rotatable bonds is 5. The second kappa shape index (κ2) is 7.50. The Morgan fingerprint density at radius 2 is 1.89 bits per heavy atom. The van der Waals surface area contributed by atoms with E-state index in [9.17, 15) is 9.59 Å². The molecule has 0 spiro atoms. The number of aromatic carboxylic acids is 1. The van der Waals surface area contributed by atoms with Gasteiger partial charge >= 0.3 is 5.97 Å². The first-order chi connectivity index (χ1) is 12.9. The summed E-state index contributed by atoms with van der Waals surface area (Å²) in [4.78, 5) is 24.1. The molecule has 0 amide bonds. The first kappa shape index (κ1) is 18.5. The molecule has 0 bridgehead atoms. The van der Waals surface area contributed by atoms with E-state index in [1.807, 2.05) is 51.1 Å². The van der Waals surface area contributed by atoms with Crippen molar-refractivity contribution in [1.82, 2.24) is 0 Å². The van der Waals surface area contributed by atoms with Gasteiger partial charge in [-0.25, -0.2) is 4.79 Å². The van der Waals surface area contributed by atoms with Gasteiger partial charge in [-0.15, -0.1) is 0 Å². The molecule has 0 saturated heterocycles. The lowest BCUT2D eigenvalue weighted by molar-refractivity contribution is 0.0697. The van der Waals surface area contributed by atoms with E-state index in [2.05, 4.69) is 0 Å². The molecule has 0 radical (unpaired) electrons. The van der Waals surface area contributed by atoms with Crippen LogP contribution in [0.2, 0.25) is 0 Å². The maximum Gasteiger partial charge on any atom is 0.335 e. The maximum absolute atomic E-state index is 12.9. The minimum Gasteiger partial charge on any atom is -0.484 e. The summed E-state index contributed by atoms with van der Waals surface area (Å²) in [6.07, 6.45) is 3.32. The molecule has 1 aromatic heterocycles. The summed E-state index contributed by atoms with van der Waals surface area (Å²) in [6, 6.07) is 12.1. The molecule has 0 fully saturated rings. The molecule has 2 aromatic carbocycles. The van der Waals surface area contributed by atoms with Crippen molar-refractivity contribution >= 4 is 29.1 Å². The predicted molar refractivity (Wildman–Crippen MR) is 105 cm³/mol. The number of benzene rings is 2. The summed E-state index contributed by atoms with van der Waals surface area (Å²) < 4.78 is 11.6. The normalized spacial score (nSPS) is 11.4. The second-order valence-electron chi connectivity index (χ2n) is 6.50. The Bertz CT molecular complexity index is 1090. The van der Waals surface area contributed by atoms with Gasteiger partial charge in [-0.1, -0.05) is 30.3 Å². The van der Waals surface area contributed by atoms with E-state index < -0.39 is 11.4 Å². The van der Waals surface area contributed by atoms with Crippen molar-refractivity contribution in [3.8, 4) is 5.75 Å². The zero-order valence-electron chi connectivity index (χ0n) is 15.4. The van der Waals surface area contributed by atoms with Gasteiger partial charge in [0.25, 0.3) is 0 Å². The van der Waals surface area contributed by atoms with Crippen molar-refractivity contribution in [2.24, 2.45) is 0 Å². The number of carbonyl (C=O) groups is 1. The predicted octanol–water partition coefficient (Wildman–Crippen LogP) is 4.76. The molecule has 1 N–H and O–H groups in total. The number of carboxylic acids is 1. The topological polar surface area (TPSA) is 76.7 Å². The van der Waals surface area contributed by atoms with Crippen LogP contribution in [-0.4, -0.2) is 17.2 Å². The van der Waals surface area contributed by atoms with Crippen LogP contribution in [0.5, 0.6) is 5.75 Å². The average Bonchev–Trinajstić information content (AvgIpc) is 2.63. The first-order valence-electron chi connectivity index (χ1n) is 8.61. The molecule has 0 saturated carbocycles. The van der Waals surface area contributed by atoms with Crippen LogP contribution < -0.4 is 10.2 Å². The Hall–Kier alpha value is -3.34. The highest BCUT2D eigenvalue weighted by Crippen LogP contribution is 2.25. The van der Waals surface area contributed by atoms with Gasteiger partial charge in [-0.2, -0.15) is 0 Å². The maximum atomic E-state index is 12.9. The summed E-state index contributed by atoms with van der Waals surface area (Å²) in [5, 5.41) is 9.34. The van der Waals surface area contributed by atoms with Gasteiger partial charge in [-0.3, -0.25) is 4.79 Å². The number of fused-ring (bicyclic) bond motifs is 1. The molecule has 0 aliphatic rings. The van der Waals surface area contributed by atoms with Crippen LogP contribution in [-0.2, 0) is 0 Å².